The molecule has 0 spiro atoms. The van der Waals surface area contributed by atoms with Gasteiger partial charge in [-0.05, 0) is 12.1 Å². The molecule has 0 aliphatic carbocycles. The van der Waals surface area contributed by atoms with Crippen LogP contribution in [0.25, 0.3) is 0 Å². The summed E-state index contributed by atoms with van der Waals surface area (Å²) in [5.41, 5.74) is -0.844. The van der Waals surface area contributed by atoms with Crippen molar-refractivity contribution in [1.82, 2.24) is 4.72 Å². The molecule has 0 saturated heterocycles. The lowest BCUT2D eigenvalue weighted by Gasteiger charge is -2.14. The van der Waals surface area contributed by atoms with Crippen LogP contribution < -0.4 is 4.72 Å². The van der Waals surface area contributed by atoms with Crippen molar-refractivity contribution in [2.75, 3.05) is 20.8 Å². The van der Waals surface area contributed by atoms with Crippen molar-refractivity contribution < 1.29 is 27.2 Å². The molecular formula is C10H13FN2O6S. The van der Waals surface area contributed by atoms with Crippen LogP contribution in [0.2, 0.25) is 0 Å². The summed E-state index contributed by atoms with van der Waals surface area (Å²) in [7, 11) is -1.57. The molecule has 0 radical (unpaired) electrons. The second kappa shape index (κ2) is 6.70. The van der Waals surface area contributed by atoms with Gasteiger partial charge in [0.2, 0.25) is 10.0 Å². The summed E-state index contributed by atoms with van der Waals surface area (Å²) in [4.78, 5) is 9.17. The van der Waals surface area contributed by atoms with Crippen molar-refractivity contribution >= 4 is 15.7 Å². The van der Waals surface area contributed by atoms with Crippen molar-refractivity contribution in [1.29, 1.82) is 0 Å². The molecule has 1 aromatic carbocycles. The number of sulfonamides is 1. The Kier molecular flexibility index (Phi) is 5.51. The van der Waals surface area contributed by atoms with Crippen LogP contribution in [0.5, 0.6) is 0 Å². The molecule has 1 rings (SSSR count). The molecule has 1 N–H and O–H groups in total. The van der Waals surface area contributed by atoms with E-state index < -0.39 is 37.6 Å². The van der Waals surface area contributed by atoms with Gasteiger partial charge < -0.3 is 9.47 Å². The van der Waals surface area contributed by atoms with Crippen LogP contribution in [0.4, 0.5) is 10.1 Å². The van der Waals surface area contributed by atoms with Gasteiger partial charge in [0, 0.05) is 14.2 Å². The summed E-state index contributed by atoms with van der Waals surface area (Å²) in [6, 6.07) is 2.19. The second-order valence-corrected chi connectivity index (χ2v) is 5.36. The molecule has 0 atom stereocenters. The number of methoxy groups -OCH3 is 2. The molecule has 0 saturated carbocycles. The minimum Gasteiger partial charge on any atom is -0.355 e. The maximum Gasteiger partial charge on any atom is 0.292 e. The topological polar surface area (TPSA) is 108 Å². The quantitative estimate of drug-likeness (QED) is 0.450. The van der Waals surface area contributed by atoms with Crippen molar-refractivity contribution in [3.05, 3.63) is 34.1 Å². The van der Waals surface area contributed by atoms with Crippen LogP contribution in [0.1, 0.15) is 0 Å². The Morgan fingerprint density at radius 2 is 2.00 bits per heavy atom. The van der Waals surface area contributed by atoms with Gasteiger partial charge in [-0.25, -0.2) is 17.5 Å². The third-order valence-electron chi connectivity index (χ3n) is 2.37. The van der Waals surface area contributed by atoms with Crippen LogP contribution in [0, 0.1) is 15.9 Å². The Morgan fingerprint density at radius 1 is 1.40 bits per heavy atom. The maximum absolute atomic E-state index is 13.0. The van der Waals surface area contributed by atoms with E-state index >= 15 is 0 Å². The Bertz CT molecular complexity index is 587. The van der Waals surface area contributed by atoms with Crippen LogP contribution >= 0.6 is 0 Å². The molecule has 0 unspecified atom stereocenters. The molecule has 1 aromatic rings. The SMILES string of the molecule is COC(CNS(=O)(=O)c1ccc(F)cc1[N+](=O)[O-])OC. The summed E-state index contributed by atoms with van der Waals surface area (Å²) < 4.78 is 48.5. The van der Waals surface area contributed by atoms with Gasteiger partial charge >= 0.3 is 0 Å². The van der Waals surface area contributed by atoms with Gasteiger partial charge in [0.1, 0.15) is 5.82 Å². The molecule has 10 heteroatoms. The third-order valence-corrected chi connectivity index (χ3v) is 3.84. The van der Waals surface area contributed by atoms with Crippen LogP contribution in [0.15, 0.2) is 23.1 Å². The molecule has 112 valence electrons. The zero-order valence-electron chi connectivity index (χ0n) is 10.7. The summed E-state index contributed by atoms with van der Waals surface area (Å²) in [6.45, 7) is -0.246. The van der Waals surface area contributed by atoms with Crippen molar-refractivity contribution in [3.8, 4) is 0 Å². The number of hydrogen-bond acceptors (Lipinski definition) is 6. The fraction of sp³-hybridized carbons (Fsp3) is 0.400. The number of nitro benzene ring substituents is 1. The Balaban J connectivity index is 3.07. The molecule has 0 aliphatic rings. The van der Waals surface area contributed by atoms with E-state index in [9.17, 15) is 22.9 Å². The monoisotopic (exact) mass is 308 g/mol. The molecular weight excluding hydrogens is 295 g/mol. The zero-order chi connectivity index (χ0) is 15.3. The highest BCUT2D eigenvalue weighted by atomic mass is 32.2. The number of hydrogen-bond donors (Lipinski definition) is 1. The standard InChI is InChI=1S/C10H13FN2O6S/c1-18-10(19-2)6-12-20(16,17)9-4-3-7(11)5-8(9)13(14)15/h3-5,10,12H,6H2,1-2H3. The highest BCUT2D eigenvalue weighted by Crippen LogP contribution is 2.24. The van der Waals surface area contributed by atoms with Crippen molar-refractivity contribution in [3.63, 3.8) is 0 Å². The first-order valence-corrected chi connectivity index (χ1v) is 6.79. The minimum absolute atomic E-state index is 0.246. The van der Waals surface area contributed by atoms with E-state index in [1.54, 1.807) is 0 Å². The van der Waals surface area contributed by atoms with E-state index in [-0.39, 0.29) is 6.54 Å². The van der Waals surface area contributed by atoms with Crippen molar-refractivity contribution in [2.24, 2.45) is 0 Å². The number of nitro groups is 1. The molecule has 0 aliphatic heterocycles. The highest BCUT2D eigenvalue weighted by Gasteiger charge is 2.26. The van der Waals surface area contributed by atoms with E-state index in [1.165, 1.54) is 14.2 Å². The molecule has 20 heavy (non-hydrogen) atoms. The molecule has 0 bridgehead atoms. The number of ether oxygens (including phenoxy) is 2. The molecule has 0 amide bonds. The van der Waals surface area contributed by atoms with E-state index in [2.05, 4.69) is 4.72 Å². The Morgan fingerprint density at radius 3 is 2.50 bits per heavy atom. The number of benzene rings is 1. The van der Waals surface area contributed by atoms with Crippen LogP contribution in [0.3, 0.4) is 0 Å². The number of nitrogens with one attached hydrogen (secondary N) is 1. The van der Waals surface area contributed by atoms with Crippen LogP contribution in [-0.4, -0.2) is 40.4 Å². The molecule has 0 aromatic heterocycles. The van der Waals surface area contributed by atoms with Gasteiger partial charge in [-0.3, -0.25) is 10.1 Å². The smallest absolute Gasteiger partial charge is 0.292 e. The third kappa shape index (κ3) is 3.93. The van der Waals surface area contributed by atoms with Crippen LogP contribution in [-0.2, 0) is 19.5 Å². The first kappa shape index (κ1) is 16.4. The van der Waals surface area contributed by atoms with Gasteiger partial charge in [0.05, 0.1) is 17.5 Å². The number of nitrogens with zero attached hydrogens (tertiary/aromatic N) is 1. The maximum atomic E-state index is 13.0. The molecule has 0 fully saturated rings. The van der Waals surface area contributed by atoms with E-state index in [4.69, 9.17) is 9.47 Å². The lowest BCUT2D eigenvalue weighted by molar-refractivity contribution is -0.388. The molecule has 8 nitrogen and oxygen atoms in total. The predicted octanol–water partition coefficient (Wildman–Crippen LogP) is 0.631. The van der Waals surface area contributed by atoms with E-state index in [1.807, 2.05) is 0 Å². The van der Waals surface area contributed by atoms with E-state index in [0.29, 0.717) is 6.07 Å². The lowest BCUT2D eigenvalue weighted by atomic mass is 10.3. The summed E-state index contributed by atoms with van der Waals surface area (Å²) in [5.74, 6) is -0.901. The zero-order valence-corrected chi connectivity index (χ0v) is 11.5. The lowest BCUT2D eigenvalue weighted by Crippen LogP contribution is -2.34. The Hall–Kier alpha value is -1.62. The summed E-state index contributed by atoms with van der Waals surface area (Å²) in [5, 5.41) is 10.8. The first-order valence-electron chi connectivity index (χ1n) is 5.31. The predicted molar refractivity (Wildman–Crippen MR) is 66.0 cm³/mol. The Labute approximate surface area is 114 Å². The highest BCUT2D eigenvalue weighted by molar-refractivity contribution is 7.89. The largest absolute Gasteiger partial charge is 0.355 e. The minimum atomic E-state index is -4.19. The van der Waals surface area contributed by atoms with E-state index in [0.717, 1.165) is 12.1 Å². The molecule has 0 heterocycles. The summed E-state index contributed by atoms with van der Waals surface area (Å²) in [6.07, 6.45) is -0.843. The fourth-order valence-electron chi connectivity index (χ4n) is 1.38. The normalized spacial score (nSPS) is 11.8. The number of rotatable bonds is 7. The average Bonchev–Trinajstić information content (AvgIpc) is 2.39. The first-order chi connectivity index (χ1) is 9.31. The van der Waals surface area contributed by atoms with Gasteiger partial charge in [0.25, 0.3) is 5.69 Å². The van der Waals surface area contributed by atoms with Gasteiger partial charge in [-0.1, -0.05) is 0 Å². The fourth-order valence-corrected chi connectivity index (χ4v) is 2.55. The van der Waals surface area contributed by atoms with Crippen molar-refractivity contribution in [2.45, 2.75) is 11.2 Å². The average molecular weight is 308 g/mol. The van der Waals surface area contributed by atoms with Gasteiger partial charge in [-0.15, -0.1) is 0 Å². The van der Waals surface area contributed by atoms with Gasteiger partial charge in [0.15, 0.2) is 11.2 Å². The van der Waals surface area contributed by atoms with Gasteiger partial charge in [-0.2, -0.15) is 0 Å². The second-order valence-electron chi connectivity index (χ2n) is 3.62. The summed E-state index contributed by atoms with van der Waals surface area (Å²) >= 11 is 0. The number of halogens is 1.